The first-order valence-electron chi connectivity index (χ1n) is 5.19. The van der Waals surface area contributed by atoms with Gasteiger partial charge >= 0.3 is 0 Å². The van der Waals surface area contributed by atoms with Crippen molar-refractivity contribution < 1.29 is 4.74 Å². The second-order valence-electron chi connectivity index (χ2n) is 3.44. The highest BCUT2D eigenvalue weighted by atomic mass is 127. The number of halogens is 3. The average Bonchev–Trinajstić information content (AvgIpc) is 2.31. The lowest BCUT2D eigenvalue weighted by molar-refractivity contribution is 0.232. The molecule has 0 aliphatic rings. The molecule has 0 fully saturated rings. The van der Waals surface area contributed by atoms with Gasteiger partial charge in [0.15, 0.2) is 5.88 Å². The topological polar surface area (TPSA) is 47.6 Å². The maximum Gasteiger partial charge on any atom is 0.185 e. The number of aliphatic imine (C=N–C) groups is 1. The summed E-state index contributed by atoms with van der Waals surface area (Å²) in [5.74, 6) is 0.355. The summed E-state index contributed by atoms with van der Waals surface area (Å²) in [6.07, 6.45) is 1.68. The van der Waals surface area contributed by atoms with Crippen LogP contribution in [0.2, 0.25) is 10.0 Å². The van der Waals surface area contributed by atoms with E-state index in [1.807, 2.05) is 6.92 Å². The molecule has 6 heteroatoms. The zero-order valence-corrected chi connectivity index (χ0v) is 13.5. The molecule has 0 aliphatic carbocycles. The fourth-order valence-corrected chi connectivity index (χ4v) is 1.71. The molecular weight excluding hydrogens is 386 g/mol. The maximum absolute atomic E-state index is 5.90. The quantitative estimate of drug-likeness (QED) is 0.347. The van der Waals surface area contributed by atoms with Gasteiger partial charge in [-0.15, -0.1) is 0 Å². The van der Waals surface area contributed by atoms with E-state index in [0.717, 1.165) is 15.8 Å². The molecule has 3 nitrogen and oxygen atoms in total. The summed E-state index contributed by atoms with van der Waals surface area (Å²) in [5.41, 5.74) is 7.13. The van der Waals surface area contributed by atoms with Gasteiger partial charge in [0, 0.05) is 16.2 Å². The molecule has 18 heavy (non-hydrogen) atoms. The van der Waals surface area contributed by atoms with E-state index in [4.69, 9.17) is 33.7 Å². The summed E-state index contributed by atoms with van der Waals surface area (Å²) >= 11 is 13.9. The molecule has 1 aromatic carbocycles. The zero-order valence-electron chi connectivity index (χ0n) is 9.79. The van der Waals surface area contributed by atoms with E-state index in [0.29, 0.717) is 22.5 Å². The van der Waals surface area contributed by atoms with Crippen molar-refractivity contribution in [3.63, 3.8) is 0 Å². The lowest BCUT2D eigenvalue weighted by Crippen LogP contribution is -2.06. The predicted molar refractivity (Wildman–Crippen MR) is 86.3 cm³/mol. The van der Waals surface area contributed by atoms with Crippen molar-refractivity contribution in [2.24, 2.45) is 10.7 Å². The number of nitrogens with zero attached hydrogens (tertiary/aromatic N) is 1. The van der Waals surface area contributed by atoms with Crippen molar-refractivity contribution in [2.45, 2.75) is 6.92 Å². The second-order valence-corrected chi connectivity index (χ2v) is 5.33. The second kappa shape index (κ2) is 7.86. The Balaban J connectivity index is 2.79. The molecule has 0 heterocycles. The highest BCUT2D eigenvalue weighted by Gasteiger charge is 1.99. The molecule has 0 unspecified atom stereocenters. The van der Waals surface area contributed by atoms with Crippen molar-refractivity contribution in [3.05, 3.63) is 40.2 Å². The fraction of sp³-hybridized carbons (Fsp3) is 0.250. The van der Waals surface area contributed by atoms with Crippen molar-refractivity contribution in [2.75, 3.05) is 11.0 Å². The first kappa shape index (κ1) is 15.6. The Bertz CT molecular complexity index is 475. The molecule has 0 aromatic heterocycles. The van der Waals surface area contributed by atoms with Crippen LogP contribution in [-0.2, 0) is 4.74 Å². The molecule has 0 saturated carbocycles. The number of allylic oxidation sites excluding steroid dienone is 1. The molecule has 1 rings (SSSR count). The van der Waals surface area contributed by atoms with Crippen LogP contribution in [0.15, 0.2) is 35.2 Å². The van der Waals surface area contributed by atoms with E-state index < -0.39 is 0 Å². The Morgan fingerprint density at radius 3 is 2.78 bits per heavy atom. The zero-order chi connectivity index (χ0) is 13.5. The number of nitrogens with two attached hydrogens (primary N) is 1. The number of hydrogen-bond acceptors (Lipinski definition) is 3. The number of rotatable bonds is 5. The lowest BCUT2D eigenvalue weighted by Gasteiger charge is -2.03. The molecule has 0 radical (unpaired) electrons. The van der Waals surface area contributed by atoms with E-state index in [1.165, 1.54) is 0 Å². The molecule has 0 atom stereocenters. The molecule has 98 valence electrons. The first-order chi connectivity index (χ1) is 8.52. The van der Waals surface area contributed by atoms with Gasteiger partial charge < -0.3 is 10.5 Å². The SMILES string of the molecule is CC(C=C(N)OCCI)=Nc1ccc(Cl)c(Cl)c1. The van der Waals surface area contributed by atoms with Gasteiger partial charge in [-0.25, -0.2) is 0 Å². The van der Waals surface area contributed by atoms with Gasteiger partial charge in [0.2, 0.25) is 0 Å². The molecule has 0 amide bonds. The van der Waals surface area contributed by atoms with Crippen LogP contribution in [0.25, 0.3) is 0 Å². The number of ether oxygens (including phenoxy) is 1. The summed E-state index contributed by atoms with van der Waals surface area (Å²) in [6.45, 7) is 2.42. The molecule has 0 bridgehead atoms. The highest BCUT2D eigenvalue weighted by Crippen LogP contribution is 2.26. The third-order valence-electron chi connectivity index (χ3n) is 1.91. The van der Waals surface area contributed by atoms with Crippen LogP contribution in [-0.4, -0.2) is 16.7 Å². The molecule has 2 N–H and O–H groups in total. The summed E-state index contributed by atoms with van der Waals surface area (Å²) in [6, 6.07) is 5.19. The van der Waals surface area contributed by atoms with Crippen molar-refractivity contribution >= 4 is 57.2 Å². The van der Waals surface area contributed by atoms with Gasteiger partial charge in [-0.1, -0.05) is 45.8 Å². The Labute approximate surface area is 130 Å². The Hall–Kier alpha value is -0.460. The number of benzene rings is 1. The van der Waals surface area contributed by atoms with E-state index >= 15 is 0 Å². The Morgan fingerprint density at radius 2 is 2.17 bits per heavy atom. The van der Waals surface area contributed by atoms with E-state index in [-0.39, 0.29) is 0 Å². The summed E-state index contributed by atoms with van der Waals surface area (Å²) in [4.78, 5) is 4.34. The summed E-state index contributed by atoms with van der Waals surface area (Å²) in [7, 11) is 0. The first-order valence-corrected chi connectivity index (χ1v) is 7.47. The van der Waals surface area contributed by atoms with Gasteiger partial charge in [-0.3, -0.25) is 4.99 Å². The van der Waals surface area contributed by atoms with Crippen LogP contribution in [0.5, 0.6) is 0 Å². The maximum atomic E-state index is 5.90. The minimum absolute atomic E-state index is 0.355. The minimum Gasteiger partial charge on any atom is -0.478 e. The van der Waals surface area contributed by atoms with E-state index in [1.54, 1.807) is 24.3 Å². The summed E-state index contributed by atoms with van der Waals surface area (Å²) in [5, 5.41) is 0.984. The molecule has 0 aliphatic heterocycles. The normalized spacial score (nSPS) is 12.7. The Kier molecular flexibility index (Phi) is 6.81. The molecule has 1 aromatic rings. The number of alkyl halides is 1. The van der Waals surface area contributed by atoms with Crippen LogP contribution in [0.4, 0.5) is 5.69 Å². The van der Waals surface area contributed by atoms with Gasteiger partial charge in [-0.2, -0.15) is 0 Å². The van der Waals surface area contributed by atoms with Crippen LogP contribution in [0, 0.1) is 0 Å². The third-order valence-corrected chi connectivity index (χ3v) is 3.09. The lowest BCUT2D eigenvalue weighted by atomic mass is 10.3. The summed E-state index contributed by atoms with van der Waals surface area (Å²) < 4.78 is 6.13. The van der Waals surface area contributed by atoms with Crippen LogP contribution in [0.3, 0.4) is 0 Å². The molecular formula is C12H13Cl2IN2O. The van der Waals surface area contributed by atoms with Gasteiger partial charge in [-0.05, 0) is 25.1 Å². The van der Waals surface area contributed by atoms with Crippen molar-refractivity contribution in [3.8, 4) is 0 Å². The smallest absolute Gasteiger partial charge is 0.185 e. The predicted octanol–water partition coefficient (Wildman–Crippen LogP) is 4.34. The van der Waals surface area contributed by atoms with Crippen LogP contribution in [0.1, 0.15) is 6.92 Å². The van der Waals surface area contributed by atoms with Crippen molar-refractivity contribution in [1.29, 1.82) is 0 Å². The Morgan fingerprint density at radius 1 is 1.44 bits per heavy atom. The van der Waals surface area contributed by atoms with Gasteiger partial charge in [0.25, 0.3) is 0 Å². The monoisotopic (exact) mass is 398 g/mol. The largest absolute Gasteiger partial charge is 0.478 e. The highest BCUT2D eigenvalue weighted by molar-refractivity contribution is 14.1. The standard InChI is InChI=1S/C12H13Cl2IN2O/c1-8(6-12(16)18-5-4-15)17-9-2-3-10(13)11(14)7-9/h2-3,6-7H,4-5,16H2,1H3. The van der Waals surface area contributed by atoms with Crippen LogP contribution < -0.4 is 5.73 Å². The molecule has 0 saturated heterocycles. The van der Waals surface area contributed by atoms with E-state index in [2.05, 4.69) is 27.6 Å². The van der Waals surface area contributed by atoms with Crippen LogP contribution >= 0.6 is 45.8 Å². The van der Waals surface area contributed by atoms with Crippen molar-refractivity contribution in [1.82, 2.24) is 0 Å². The third kappa shape index (κ3) is 5.46. The van der Waals surface area contributed by atoms with E-state index in [9.17, 15) is 0 Å². The minimum atomic E-state index is 0.355. The number of hydrogen-bond donors (Lipinski definition) is 1. The van der Waals surface area contributed by atoms with Gasteiger partial charge in [0.05, 0.1) is 22.3 Å². The van der Waals surface area contributed by atoms with Gasteiger partial charge in [0.1, 0.15) is 0 Å². The fourth-order valence-electron chi connectivity index (χ4n) is 1.19. The molecule has 0 spiro atoms. The average molecular weight is 399 g/mol.